The van der Waals surface area contributed by atoms with Crippen LogP contribution in [0.25, 0.3) is 0 Å². The van der Waals surface area contributed by atoms with Crippen molar-refractivity contribution in [2.45, 2.75) is 123 Å². The van der Waals surface area contributed by atoms with Crippen molar-refractivity contribution in [3.05, 3.63) is 6.92 Å². The molecule has 23 heavy (non-hydrogen) atoms. The van der Waals surface area contributed by atoms with Gasteiger partial charge in [0, 0.05) is 6.42 Å². The molecule has 0 aliphatic heterocycles. The highest BCUT2D eigenvalue weighted by Gasteiger charge is 2.13. The number of hydrogen-bond acceptors (Lipinski definition) is 2. The van der Waals surface area contributed by atoms with Crippen molar-refractivity contribution >= 4 is 5.97 Å². The van der Waals surface area contributed by atoms with Crippen molar-refractivity contribution in [1.29, 1.82) is 0 Å². The molecule has 0 aliphatic rings. The molecule has 2 heteroatoms. The largest absolute Gasteiger partial charge is 0.462 e. The number of esters is 1. The Balaban J connectivity index is 3.92. The Hall–Kier alpha value is -0.530. The van der Waals surface area contributed by atoms with Crippen molar-refractivity contribution in [3.63, 3.8) is 0 Å². The van der Waals surface area contributed by atoms with E-state index in [1.807, 2.05) is 0 Å². The highest BCUT2D eigenvalue weighted by atomic mass is 16.5. The summed E-state index contributed by atoms with van der Waals surface area (Å²) < 4.78 is 5.77. The minimum absolute atomic E-state index is 0.0237. The van der Waals surface area contributed by atoms with Gasteiger partial charge in [-0.25, -0.2) is 0 Å². The van der Waals surface area contributed by atoms with E-state index in [-0.39, 0.29) is 12.1 Å². The topological polar surface area (TPSA) is 26.3 Å². The van der Waals surface area contributed by atoms with E-state index in [1.165, 1.54) is 64.2 Å². The second kappa shape index (κ2) is 17.8. The molecule has 0 aromatic heterocycles. The van der Waals surface area contributed by atoms with E-state index in [4.69, 9.17) is 4.74 Å². The molecule has 137 valence electrons. The zero-order valence-corrected chi connectivity index (χ0v) is 15.9. The van der Waals surface area contributed by atoms with Gasteiger partial charge in [0.2, 0.25) is 0 Å². The maximum atomic E-state index is 12.0. The SMILES string of the molecule is [CH2]CCCCCCC(=O)OC(CCCCCC)CCCCCC. The van der Waals surface area contributed by atoms with Gasteiger partial charge in [0.1, 0.15) is 6.10 Å². The summed E-state index contributed by atoms with van der Waals surface area (Å²) >= 11 is 0. The predicted octanol–water partition coefficient (Wildman–Crippen LogP) is 7.01. The van der Waals surface area contributed by atoms with Crippen LogP contribution in [0.4, 0.5) is 0 Å². The molecule has 0 saturated heterocycles. The zero-order valence-electron chi connectivity index (χ0n) is 15.9. The number of ether oxygens (including phenoxy) is 1. The molecular weight excluding hydrogens is 284 g/mol. The number of carbonyl (C=O) groups is 1. The van der Waals surface area contributed by atoms with Gasteiger partial charge < -0.3 is 4.74 Å². The normalized spacial score (nSPS) is 11.1. The lowest BCUT2D eigenvalue weighted by Gasteiger charge is -2.18. The van der Waals surface area contributed by atoms with Gasteiger partial charge in [-0.05, 0) is 32.1 Å². The second-order valence-corrected chi connectivity index (χ2v) is 6.83. The Morgan fingerprint density at radius 2 is 1.30 bits per heavy atom. The summed E-state index contributed by atoms with van der Waals surface area (Å²) in [5, 5.41) is 0. The highest BCUT2D eigenvalue weighted by molar-refractivity contribution is 5.69. The molecule has 0 rings (SSSR count). The van der Waals surface area contributed by atoms with Crippen LogP contribution in [-0.2, 0) is 9.53 Å². The van der Waals surface area contributed by atoms with Crippen LogP contribution in [-0.4, -0.2) is 12.1 Å². The third kappa shape index (κ3) is 16.1. The van der Waals surface area contributed by atoms with Crippen LogP contribution in [0.15, 0.2) is 0 Å². The first kappa shape index (κ1) is 22.5. The quantitative estimate of drug-likeness (QED) is 0.212. The molecule has 0 aromatic carbocycles. The predicted molar refractivity (Wildman–Crippen MR) is 100 cm³/mol. The van der Waals surface area contributed by atoms with Crippen LogP contribution in [0, 0.1) is 6.92 Å². The summed E-state index contributed by atoms with van der Waals surface area (Å²) in [6.07, 6.45) is 18.4. The molecule has 0 amide bonds. The van der Waals surface area contributed by atoms with Crippen molar-refractivity contribution in [2.75, 3.05) is 0 Å². The van der Waals surface area contributed by atoms with E-state index in [0.29, 0.717) is 6.42 Å². The van der Waals surface area contributed by atoms with E-state index >= 15 is 0 Å². The monoisotopic (exact) mass is 325 g/mol. The van der Waals surface area contributed by atoms with E-state index in [2.05, 4.69) is 20.8 Å². The summed E-state index contributed by atoms with van der Waals surface area (Å²) in [6.45, 7) is 8.32. The van der Waals surface area contributed by atoms with Crippen molar-refractivity contribution in [1.82, 2.24) is 0 Å². The van der Waals surface area contributed by atoms with E-state index in [1.54, 1.807) is 0 Å². The summed E-state index contributed by atoms with van der Waals surface area (Å²) in [7, 11) is 0. The van der Waals surface area contributed by atoms with Gasteiger partial charge in [-0.3, -0.25) is 4.79 Å². The second-order valence-electron chi connectivity index (χ2n) is 6.83. The third-order valence-electron chi connectivity index (χ3n) is 4.44. The zero-order chi connectivity index (χ0) is 17.2. The van der Waals surface area contributed by atoms with Crippen LogP contribution in [0.5, 0.6) is 0 Å². The van der Waals surface area contributed by atoms with Gasteiger partial charge in [0.25, 0.3) is 0 Å². The molecule has 2 nitrogen and oxygen atoms in total. The minimum Gasteiger partial charge on any atom is -0.462 e. The van der Waals surface area contributed by atoms with Gasteiger partial charge in [-0.15, -0.1) is 0 Å². The van der Waals surface area contributed by atoms with Crippen LogP contribution in [0.1, 0.15) is 117 Å². The highest BCUT2D eigenvalue weighted by Crippen LogP contribution is 2.17. The summed E-state index contributed by atoms with van der Waals surface area (Å²) in [6, 6.07) is 0. The Kier molecular flexibility index (Phi) is 17.4. The Morgan fingerprint density at radius 1 is 0.783 bits per heavy atom. The number of unbranched alkanes of at least 4 members (excludes halogenated alkanes) is 10. The van der Waals surface area contributed by atoms with E-state index in [9.17, 15) is 4.79 Å². The first-order chi connectivity index (χ1) is 11.2. The lowest BCUT2D eigenvalue weighted by Crippen LogP contribution is -2.18. The van der Waals surface area contributed by atoms with Crippen LogP contribution in [0.2, 0.25) is 0 Å². The van der Waals surface area contributed by atoms with Gasteiger partial charge in [-0.1, -0.05) is 85.0 Å². The van der Waals surface area contributed by atoms with Gasteiger partial charge in [0.15, 0.2) is 0 Å². The van der Waals surface area contributed by atoms with E-state index in [0.717, 1.165) is 32.1 Å². The van der Waals surface area contributed by atoms with Crippen LogP contribution in [0.3, 0.4) is 0 Å². The first-order valence-electron chi connectivity index (χ1n) is 10.2. The molecule has 0 fully saturated rings. The third-order valence-corrected chi connectivity index (χ3v) is 4.44. The maximum absolute atomic E-state index is 12.0. The minimum atomic E-state index is 0.0237. The van der Waals surface area contributed by atoms with Crippen molar-refractivity contribution in [2.24, 2.45) is 0 Å². The first-order valence-corrected chi connectivity index (χ1v) is 10.2. The lowest BCUT2D eigenvalue weighted by molar-refractivity contribution is -0.150. The van der Waals surface area contributed by atoms with Gasteiger partial charge in [-0.2, -0.15) is 0 Å². The Labute approximate surface area is 145 Å². The fraction of sp³-hybridized carbons (Fsp3) is 0.905. The molecule has 0 aromatic rings. The maximum Gasteiger partial charge on any atom is 0.306 e. The Morgan fingerprint density at radius 3 is 1.83 bits per heavy atom. The smallest absolute Gasteiger partial charge is 0.306 e. The molecular formula is C21H41O2. The van der Waals surface area contributed by atoms with Gasteiger partial charge >= 0.3 is 5.97 Å². The molecule has 0 saturated carbocycles. The van der Waals surface area contributed by atoms with E-state index < -0.39 is 0 Å². The van der Waals surface area contributed by atoms with Crippen molar-refractivity contribution < 1.29 is 9.53 Å². The fourth-order valence-electron chi connectivity index (χ4n) is 2.90. The molecule has 0 spiro atoms. The number of rotatable bonds is 17. The molecule has 0 N–H and O–H groups in total. The molecule has 0 atom stereocenters. The van der Waals surface area contributed by atoms with Crippen LogP contribution >= 0.6 is 0 Å². The average Bonchev–Trinajstić information content (AvgIpc) is 2.55. The molecule has 0 bridgehead atoms. The number of carbonyl (C=O) groups excluding carboxylic acids is 1. The molecule has 0 heterocycles. The Bertz CT molecular complexity index is 238. The number of hydrogen-bond donors (Lipinski definition) is 0. The standard InChI is InChI=1S/C21H41O2/c1-4-7-10-13-16-19-21(22)23-20(17-14-11-8-5-2)18-15-12-9-6-3/h20H,1,4-19H2,2-3H3. The van der Waals surface area contributed by atoms with Crippen molar-refractivity contribution in [3.8, 4) is 0 Å². The average molecular weight is 326 g/mol. The molecule has 0 unspecified atom stereocenters. The molecule has 0 aliphatic carbocycles. The summed E-state index contributed by atoms with van der Waals surface area (Å²) in [4.78, 5) is 12.0. The fourth-order valence-corrected chi connectivity index (χ4v) is 2.90. The summed E-state index contributed by atoms with van der Waals surface area (Å²) in [5.74, 6) is 0.0237. The van der Waals surface area contributed by atoms with Gasteiger partial charge in [0.05, 0.1) is 0 Å². The molecule has 1 radical (unpaired) electrons. The summed E-state index contributed by atoms with van der Waals surface area (Å²) in [5.41, 5.74) is 0. The van der Waals surface area contributed by atoms with Crippen LogP contribution < -0.4 is 0 Å². The lowest BCUT2D eigenvalue weighted by atomic mass is 10.0.